The molecule has 0 fully saturated rings. The van der Waals surface area contributed by atoms with Crippen molar-refractivity contribution in [2.45, 2.75) is 17.7 Å². The van der Waals surface area contributed by atoms with Gasteiger partial charge in [-0.3, -0.25) is 10.1 Å². The van der Waals surface area contributed by atoms with E-state index in [9.17, 15) is 10.1 Å². The van der Waals surface area contributed by atoms with E-state index in [0.717, 1.165) is 24.0 Å². The molecule has 0 amide bonds. The highest BCUT2D eigenvalue weighted by Crippen LogP contribution is 2.41. The molecule has 0 bridgehead atoms. The van der Waals surface area contributed by atoms with Crippen LogP contribution in [0.2, 0.25) is 0 Å². The molecule has 1 atom stereocenters. The molecule has 0 aromatic heterocycles. The van der Waals surface area contributed by atoms with Gasteiger partial charge in [-0.25, -0.2) is 0 Å². The second-order valence-electron chi connectivity index (χ2n) is 3.11. The Labute approximate surface area is 84.0 Å². The fraction of sp³-hybridized carbons (Fsp3) is 0.333. The molecule has 0 heterocycles. The van der Waals surface area contributed by atoms with Crippen LogP contribution in [0.25, 0.3) is 0 Å². The fourth-order valence-electron chi connectivity index (χ4n) is 1.76. The van der Waals surface area contributed by atoms with Crippen LogP contribution in [0.3, 0.4) is 0 Å². The van der Waals surface area contributed by atoms with Gasteiger partial charge in [-0.2, -0.15) is 0 Å². The normalized spacial score (nSPS) is 19.9. The van der Waals surface area contributed by atoms with Crippen LogP contribution < -0.4 is 0 Å². The van der Waals surface area contributed by atoms with Crippen molar-refractivity contribution in [2.24, 2.45) is 0 Å². The highest BCUT2D eigenvalue weighted by molar-refractivity contribution is 9.09. The monoisotopic (exact) mass is 241 g/mol. The molecule has 1 unspecified atom stereocenters. The van der Waals surface area contributed by atoms with Crippen LogP contribution in [0, 0.1) is 10.1 Å². The number of nitro benzene ring substituents is 1. The van der Waals surface area contributed by atoms with Crippen molar-refractivity contribution in [1.29, 1.82) is 0 Å². The molecular weight excluding hydrogens is 234 g/mol. The lowest BCUT2D eigenvalue weighted by Gasteiger charge is -2.01. The van der Waals surface area contributed by atoms with E-state index in [4.69, 9.17) is 0 Å². The molecule has 1 aromatic carbocycles. The van der Waals surface area contributed by atoms with E-state index in [-0.39, 0.29) is 10.6 Å². The number of hydrogen-bond acceptors (Lipinski definition) is 2. The van der Waals surface area contributed by atoms with Crippen LogP contribution in [0.5, 0.6) is 0 Å². The number of hydrogen-bond donors (Lipinski definition) is 0. The minimum absolute atomic E-state index is 0.263. The molecule has 3 nitrogen and oxygen atoms in total. The summed E-state index contributed by atoms with van der Waals surface area (Å²) in [6.07, 6.45) is 1.77. The van der Waals surface area contributed by atoms with Gasteiger partial charge in [-0.1, -0.05) is 28.1 Å². The van der Waals surface area contributed by atoms with Crippen molar-refractivity contribution in [3.63, 3.8) is 0 Å². The maximum absolute atomic E-state index is 10.7. The summed E-state index contributed by atoms with van der Waals surface area (Å²) in [7, 11) is 0. The minimum atomic E-state index is -0.302. The van der Waals surface area contributed by atoms with E-state index in [2.05, 4.69) is 15.9 Å². The lowest BCUT2D eigenvalue weighted by atomic mass is 10.1. The topological polar surface area (TPSA) is 43.1 Å². The summed E-state index contributed by atoms with van der Waals surface area (Å²) in [6.45, 7) is 0. The maximum Gasteiger partial charge on any atom is 0.272 e. The van der Waals surface area contributed by atoms with Gasteiger partial charge in [0.25, 0.3) is 5.69 Å². The molecule has 0 saturated heterocycles. The van der Waals surface area contributed by atoms with Crippen molar-refractivity contribution in [3.05, 3.63) is 39.4 Å². The molecule has 68 valence electrons. The molecule has 0 aliphatic heterocycles. The molecular formula is C9H8BrNO2. The zero-order chi connectivity index (χ0) is 9.42. The zero-order valence-electron chi connectivity index (χ0n) is 6.87. The Hall–Kier alpha value is -0.900. The SMILES string of the molecule is O=[N+]([O-])c1cccc2c1CCC2Br. The zero-order valence-corrected chi connectivity index (χ0v) is 8.45. The van der Waals surface area contributed by atoms with Gasteiger partial charge in [-0.15, -0.1) is 0 Å². The summed E-state index contributed by atoms with van der Waals surface area (Å²) in [5.74, 6) is 0. The predicted octanol–water partition coefficient (Wildman–Crippen LogP) is 2.98. The van der Waals surface area contributed by atoms with Crippen LogP contribution in [0.15, 0.2) is 18.2 Å². The van der Waals surface area contributed by atoms with Crippen LogP contribution in [-0.4, -0.2) is 4.92 Å². The Morgan fingerprint density at radius 2 is 2.31 bits per heavy atom. The number of alkyl halides is 1. The standard InChI is InChI=1S/C9H8BrNO2/c10-8-5-4-7-6(8)2-1-3-9(7)11(12)13/h1-3,8H,4-5H2. The second-order valence-corrected chi connectivity index (χ2v) is 4.21. The largest absolute Gasteiger partial charge is 0.272 e. The van der Waals surface area contributed by atoms with E-state index in [1.165, 1.54) is 0 Å². The first-order valence-electron chi connectivity index (χ1n) is 4.10. The van der Waals surface area contributed by atoms with E-state index in [0.29, 0.717) is 4.83 Å². The van der Waals surface area contributed by atoms with Crippen molar-refractivity contribution in [1.82, 2.24) is 0 Å². The molecule has 0 radical (unpaired) electrons. The molecule has 0 spiro atoms. The molecule has 13 heavy (non-hydrogen) atoms. The molecule has 1 aliphatic carbocycles. The second kappa shape index (κ2) is 3.10. The molecule has 0 saturated carbocycles. The minimum Gasteiger partial charge on any atom is -0.258 e. The number of rotatable bonds is 1. The summed E-state index contributed by atoms with van der Waals surface area (Å²) in [6, 6.07) is 5.27. The fourth-order valence-corrected chi connectivity index (χ4v) is 2.41. The summed E-state index contributed by atoms with van der Waals surface area (Å²) in [5.41, 5.74) is 2.24. The third-order valence-corrected chi connectivity index (χ3v) is 3.32. The van der Waals surface area contributed by atoms with Gasteiger partial charge in [0.2, 0.25) is 0 Å². The summed E-state index contributed by atoms with van der Waals surface area (Å²) in [4.78, 5) is 10.6. The maximum atomic E-state index is 10.7. The van der Waals surface area contributed by atoms with Gasteiger partial charge < -0.3 is 0 Å². The average Bonchev–Trinajstić information content (AvgIpc) is 2.48. The van der Waals surface area contributed by atoms with Crippen molar-refractivity contribution in [2.75, 3.05) is 0 Å². The first-order valence-corrected chi connectivity index (χ1v) is 5.02. The van der Waals surface area contributed by atoms with Gasteiger partial charge in [0.05, 0.1) is 4.92 Å². The molecule has 2 rings (SSSR count). The Kier molecular flexibility index (Phi) is 2.07. The number of fused-ring (bicyclic) bond motifs is 1. The lowest BCUT2D eigenvalue weighted by molar-refractivity contribution is -0.385. The molecule has 0 N–H and O–H groups in total. The van der Waals surface area contributed by atoms with Crippen LogP contribution in [0.4, 0.5) is 5.69 Å². The summed E-state index contributed by atoms with van der Waals surface area (Å²) in [5, 5.41) is 10.7. The summed E-state index contributed by atoms with van der Waals surface area (Å²) < 4.78 is 0. The van der Waals surface area contributed by atoms with Gasteiger partial charge >= 0.3 is 0 Å². The van der Waals surface area contributed by atoms with E-state index < -0.39 is 0 Å². The van der Waals surface area contributed by atoms with E-state index in [1.807, 2.05) is 6.07 Å². The van der Waals surface area contributed by atoms with Crippen molar-refractivity contribution < 1.29 is 4.92 Å². The molecule has 1 aromatic rings. The van der Waals surface area contributed by atoms with Gasteiger partial charge in [0, 0.05) is 16.5 Å². The quantitative estimate of drug-likeness (QED) is 0.431. The van der Waals surface area contributed by atoms with E-state index in [1.54, 1.807) is 12.1 Å². The molecule has 1 aliphatic rings. The van der Waals surface area contributed by atoms with Gasteiger partial charge in [0.15, 0.2) is 0 Å². The van der Waals surface area contributed by atoms with Crippen LogP contribution >= 0.6 is 15.9 Å². The van der Waals surface area contributed by atoms with Crippen molar-refractivity contribution >= 4 is 21.6 Å². The highest BCUT2D eigenvalue weighted by atomic mass is 79.9. The van der Waals surface area contributed by atoms with Crippen molar-refractivity contribution in [3.8, 4) is 0 Å². The third kappa shape index (κ3) is 1.35. The smallest absolute Gasteiger partial charge is 0.258 e. The third-order valence-electron chi connectivity index (χ3n) is 2.37. The van der Waals surface area contributed by atoms with Crippen LogP contribution in [0.1, 0.15) is 22.4 Å². The van der Waals surface area contributed by atoms with Gasteiger partial charge in [-0.05, 0) is 18.4 Å². The highest BCUT2D eigenvalue weighted by Gasteiger charge is 2.26. The Balaban J connectivity index is 2.57. The number of halogens is 1. The number of nitrogens with zero attached hydrogens (tertiary/aromatic N) is 1. The summed E-state index contributed by atoms with van der Waals surface area (Å²) >= 11 is 3.50. The van der Waals surface area contributed by atoms with Crippen LogP contribution in [-0.2, 0) is 6.42 Å². The predicted molar refractivity (Wildman–Crippen MR) is 53.1 cm³/mol. The average molecular weight is 242 g/mol. The Morgan fingerprint density at radius 3 is 3.00 bits per heavy atom. The van der Waals surface area contributed by atoms with E-state index >= 15 is 0 Å². The Morgan fingerprint density at radius 1 is 1.54 bits per heavy atom. The molecule has 4 heteroatoms. The first-order chi connectivity index (χ1) is 6.20. The number of nitro groups is 1. The Bertz CT molecular complexity index is 365. The first kappa shape index (κ1) is 8.69. The van der Waals surface area contributed by atoms with Gasteiger partial charge in [0.1, 0.15) is 0 Å². The number of benzene rings is 1. The lowest BCUT2D eigenvalue weighted by Crippen LogP contribution is -1.94.